The molecule has 0 spiro atoms. The number of rotatable bonds is 4. The maximum atomic E-state index is 11.8. The topological polar surface area (TPSA) is 81.9 Å². The smallest absolute Gasteiger partial charge is 0.341 e. The third-order valence-corrected chi connectivity index (χ3v) is 4.01. The second-order valence-electron chi connectivity index (χ2n) is 5.33. The molecule has 1 atom stereocenters. The minimum atomic E-state index is -0.654. The number of hydrogen-bond acceptors (Lipinski definition) is 6. The molecule has 1 fully saturated rings. The van der Waals surface area contributed by atoms with E-state index in [1.807, 2.05) is 11.8 Å². The molecule has 0 aromatic heterocycles. The van der Waals surface area contributed by atoms with Gasteiger partial charge >= 0.3 is 5.97 Å². The number of esters is 1. The number of benzene rings is 1. The van der Waals surface area contributed by atoms with E-state index in [1.165, 1.54) is 20.3 Å². The molecule has 0 unspecified atom stereocenters. The maximum absolute atomic E-state index is 11.8. The van der Waals surface area contributed by atoms with Crippen molar-refractivity contribution in [3.63, 3.8) is 0 Å². The van der Waals surface area contributed by atoms with Gasteiger partial charge in [-0.2, -0.15) is 0 Å². The lowest BCUT2D eigenvalue weighted by atomic mass is 10.0. The zero-order valence-corrected chi connectivity index (χ0v) is 13.0. The van der Waals surface area contributed by atoms with Gasteiger partial charge in [-0.15, -0.1) is 0 Å². The minimum absolute atomic E-state index is 0.0603. The fourth-order valence-corrected chi connectivity index (χ4v) is 2.83. The molecule has 1 aliphatic heterocycles. The SMILES string of the molecule is COC(=O)c1cc([N+](=O)[O-])c(N2CCCC[C@H]2C)cc1OC. The molecule has 2 rings (SSSR count). The van der Waals surface area contributed by atoms with Crippen LogP contribution in [0.15, 0.2) is 12.1 Å². The van der Waals surface area contributed by atoms with Crippen molar-refractivity contribution in [1.29, 1.82) is 0 Å². The van der Waals surface area contributed by atoms with Gasteiger partial charge in [0.05, 0.1) is 19.1 Å². The number of nitrogens with zero attached hydrogens (tertiary/aromatic N) is 2. The van der Waals surface area contributed by atoms with E-state index < -0.39 is 10.9 Å². The van der Waals surface area contributed by atoms with Gasteiger partial charge in [0.1, 0.15) is 17.0 Å². The van der Waals surface area contributed by atoms with Gasteiger partial charge in [0.25, 0.3) is 5.69 Å². The van der Waals surface area contributed by atoms with Crippen molar-refractivity contribution in [3.05, 3.63) is 27.8 Å². The highest BCUT2D eigenvalue weighted by Crippen LogP contribution is 2.38. The molecular weight excluding hydrogens is 288 g/mol. The lowest BCUT2D eigenvalue weighted by Crippen LogP contribution is -2.37. The number of nitro benzene ring substituents is 1. The molecule has 1 aliphatic rings. The van der Waals surface area contributed by atoms with Crippen molar-refractivity contribution in [2.24, 2.45) is 0 Å². The quantitative estimate of drug-likeness (QED) is 0.483. The molecule has 0 radical (unpaired) electrons. The Bertz CT molecular complexity index is 588. The van der Waals surface area contributed by atoms with Crippen LogP contribution in [0.1, 0.15) is 36.5 Å². The standard InChI is InChI=1S/C15H20N2O5/c1-10-6-4-5-7-16(10)12-9-14(21-2)11(15(18)22-3)8-13(12)17(19)20/h8-10H,4-7H2,1-3H3/t10-/m1/s1. The van der Waals surface area contributed by atoms with Gasteiger partial charge in [-0.05, 0) is 26.2 Å². The predicted molar refractivity (Wildman–Crippen MR) is 81.6 cm³/mol. The van der Waals surface area contributed by atoms with Crippen molar-refractivity contribution in [2.75, 3.05) is 25.7 Å². The van der Waals surface area contributed by atoms with Gasteiger partial charge in [0.15, 0.2) is 0 Å². The van der Waals surface area contributed by atoms with Gasteiger partial charge < -0.3 is 14.4 Å². The van der Waals surface area contributed by atoms with E-state index in [4.69, 9.17) is 4.74 Å². The molecule has 1 saturated heterocycles. The molecule has 7 nitrogen and oxygen atoms in total. The summed E-state index contributed by atoms with van der Waals surface area (Å²) < 4.78 is 9.88. The Balaban J connectivity index is 2.57. The van der Waals surface area contributed by atoms with E-state index in [-0.39, 0.29) is 23.0 Å². The normalized spacial score (nSPS) is 18.0. The van der Waals surface area contributed by atoms with Crippen molar-refractivity contribution in [2.45, 2.75) is 32.2 Å². The lowest BCUT2D eigenvalue weighted by Gasteiger charge is -2.35. The monoisotopic (exact) mass is 308 g/mol. The van der Waals surface area contributed by atoms with Gasteiger partial charge in [-0.1, -0.05) is 0 Å². The van der Waals surface area contributed by atoms with E-state index >= 15 is 0 Å². The fourth-order valence-electron chi connectivity index (χ4n) is 2.83. The maximum Gasteiger partial charge on any atom is 0.341 e. The van der Waals surface area contributed by atoms with Crippen LogP contribution in [0.5, 0.6) is 5.75 Å². The van der Waals surface area contributed by atoms with Crippen LogP contribution in [-0.4, -0.2) is 37.7 Å². The number of methoxy groups -OCH3 is 2. The fraction of sp³-hybridized carbons (Fsp3) is 0.533. The van der Waals surface area contributed by atoms with E-state index in [0.717, 1.165) is 25.8 Å². The summed E-state index contributed by atoms with van der Waals surface area (Å²) in [5.41, 5.74) is 0.446. The van der Waals surface area contributed by atoms with Gasteiger partial charge in [-0.3, -0.25) is 10.1 Å². The molecule has 0 saturated carbocycles. The Morgan fingerprint density at radius 1 is 1.36 bits per heavy atom. The van der Waals surface area contributed by atoms with Crippen LogP contribution >= 0.6 is 0 Å². The molecule has 1 aromatic carbocycles. The zero-order valence-electron chi connectivity index (χ0n) is 13.0. The summed E-state index contributed by atoms with van der Waals surface area (Å²) in [5.74, 6) is -0.372. The average molecular weight is 308 g/mol. The molecule has 0 amide bonds. The summed E-state index contributed by atoms with van der Waals surface area (Å²) in [7, 11) is 2.66. The Kier molecular flexibility index (Phi) is 4.85. The summed E-state index contributed by atoms with van der Waals surface area (Å²) in [5, 5.41) is 11.4. The average Bonchev–Trinajstić information content (AvgIpc) is 2.53. The molecular formula is C15H20N2O5. The summed E-state index contributed by atoms with van der Waals surface area (Å²) in [4.78, 5) is 24.7. The van der Waals surface area contributed by atoms with Crippen LogP contribution < -0.4 is 9.64 Å². The van der Waals surface area contributed by atoms with Crippen molar-refractivity contribution in [1.82, 2.24) is 0 Å². The molecule has 22 heavy (non-hydrogen) atoms. The number of ether oxygens (including phenoxy) is 2. The van der Waals surface area contributed by atoms with Gasteiger partial charge in [0.2, 0.25) is 0 Å². The van der Waals surface area contributed by atoms with E-state index in [0.29, 0.717) is 5.69 Å². The Labute approximate surface area is 129 Å². The molecule has 1 aromatic rings. The van der Waals surface area contributed by atoms with E-state index in [9.17, 15) is 14.9 Å². The highest BCUT2D eigenvalue weighted by Gasteiger charge is 2.29. The van der Waals surface area contributed by atoms with Gasteiger partial charge in [0, 0.05) is 24.7 Å². The van der Waals surface area contributed by atoms with Crippen LogP contribution in [0.4, 0.5) is 11.4 Å². The Hall–Kier alpha value is -2.31. The number of hydrogen-bond donors (Lipinski definition) is 0. The first-order valence-electron chi connectivity index (χ1n) is 7.21. The lowest BCUT2D eigenvalue weighted by molar-refractivity contribution is -0.384. The number of anilines is 1. The van der Waals surface area contributed by atoms with Crippen molar-refractivity contribution >= 4 is 17.3 Å². The first-order valence-corrected chi connectivity index (χ1v) is 7.21. The number of carbonyl (C=O) groups is 1. The van der Waals surface area contributed by atoms with Crippen LogP contribution in [0, 0.1) is 10.1 Å². The zero-order chi connectivity index (χ0) is 16.3. The summed E-state index contributed by atoms with van der Waals surface area (Å²) in [6.45, 7) is 2.80. The predicted octanol–water partition coefficient (Wildman–Crippen LogP) is 2.77. The molecule has 120 valence electrons. The molecule has 1 heterocycles. The van der Waals surface area contributed by atoms with Crippen molar-refractivity contribution in [3.8, 4) is 5.75 Å². The molecule has 0 N–H and O–H groups in total. The molecule has 0 aliphatic carbocycles. The van der Waals surface area contributed by atoms with Crippen LogP contribution in [0.3, 0.4) is 0 Å². The third-order valence-electron chi connectivity index (χ3n) is 4.01. The van der Waals surface area contributed by atoms with Crippen molar-refractivity contribution < 1.29 is 19.2 Å². The molecule has 7 heteroatoms. The minimum Gasteiger partial charge on any atom is -0.496 e. The van der Waals surface area contributed by atoms with Crippen LogP contribution in [0.2, 0.25) is 0 Å². The Morgan fingerprint density at radius 3 is 2.64 bits per heavy atom. The number of piperidine rings is 1. The number of nitro groups is 1. The van der Waals surface area contributed by atoms with Crippen LogP contribution in [-0.2, 0) is 4.74 Å². The molecule has 0 bridgehead atoms. The first kappa shape index (κ1) is 16.1. The summed E-state index contributed by atoms with van der Waals surface area (Å²) >= 11 is 0. The largest absolute Gasteiger partial charge is 0.496 e. The highest BCUT2D eigenvalue weighted by atomic mass is 16.6. The Morgan fingerprint density at radius 2 is 2.09 bits per heavy atom. The highest BCUT2D eigenvalue weighted by molar-refractivity contribution is 5.95. The van der Waals surface area contributed by atoms with Gasteiger partial charge in [-0.25, -0.2) is 4.79 Å². The summed E-state index contributed by atoms with van der Waals surface area (Å²) in [6, 6.07) is 3.01. The second-order valence-corrected chi connectivity index (χ2v) is 5.33. The van der Waals surface area contributed by atoms with E-state index in [1.54, 1.807) is 6.07 Å². The first-order chi connectivity index (χ1) is 10.5. The second kappa shape index (κ2) is 6.64. The van der Waals surface area contributed by atoms with Crippen LogP contribution in [0.25, 0.3) is 0 Å². The summed E-state index contributed by atoms with van der Waals surface area (Å²) in [6.07, 6.45) is 3.09. The third kappa shape index (κ3) is 2.98. The number of carbonyl (C=O) groups excluding carboxylic acids is 1. The van der Waals surface area contributed by atoms with E-state index in [2.05, 4.69) is 4.74 Å².